The van der Waals surface area contributed by atoms with Crippen LogP contribution >= 0.6 is 0 Å². The molecule has 338 valence electrons. The molecule has 4 aromatic carbocycles. The van der Waals surface area contributed by atoms with E-state index in [1.54, 1.807) is 13.2 Å². The fourth-order valence-corrected chi connectivity index (χ4v) is 6.75. The number of aromatic amines is 1. The highest BCUT2D eigenvalue weighted by molar-refractivity contribution is 5.83. The third kappa shape index (κ3) is 17.6. The Kier molecular flexibility index (Phi) is 20.6. The van der Waals surface area contributed by atoms with E-state index in [1.807, 2.05) is 126 Å². The number of aromatic nitrogens is 2. The highest BCUT2D eigenvalue weighted by Gasteiger charge is 2.31. The van der Waals surface area contributed by atoms with Crippen LogP contribution in [0.25, 0.3) is 11.3 Å². The van der Waals surface area contributed by atoms with Crippen molar-refractivity contribution in [3.63, 3.8) is 0 Å². The van der Waals surface area contributed by atoms with Gasteiger partial charge in [-0.25, -0.2) is 4.98 Å². The minimum absolute atomic E-state index is 0.00868. The highest BCUT2D eigenvalue weighted by Crippen LogP contribution is 2.31. The Morgan fingerprint density at radius 2 is 1.48 bits per heavy atom. The van der Waals surface area contributed by atoms with Gasteiger partial charge < -0.3 is 41.5 Å². The van der Waals surface area contributed by atoms with E-state index in [1.165, 1.54) is 12.8 Å². The smallest absolute Gasteiger partial charge is 0.241 e. The number of imidazole rings is 1. The van der Waals surface area contributed by atoms with Crippen LogP contribution in [0.5, 0.6) is 0 Å². The fraction of sp³-hybridized carbons (Fsp3) is 0.340. The van der Waals surface area contributed by atoms with Crippen molar-refractivity contribution in [2.75, 3.05) is 26.7 Å². The quantitative estimate of drug-likeness (QED) is 0.0393. The molecule has 7 N–H and O–H groups in total. The van der Waals surface area contributed by atoms with Gasteiger partial charge in [0.2, 0.25) is 17.7 Å². The summed E-state index contributed by atoms with van der Waals surface area (Å²) in [5.74, 6) is 10.7. The molecule has 5 aromatic rings. The lowest BCUT2D eigenvalue weighted by atomic mass is 10.1. The Labute approximate surface area is 383 Å². The third-order valence-corrected chi connectivity index (χ3v) is 10.8. The van der Waals surface area contributed by atoms with E-state index in [2.05, 4.69) is 43.7 Å². The number of nitrogens with one attached hydrogen (secondary N) is 4. The summed E-state index contributed by atoms with van der Waals surface area (Å²) in [6.07, 6.45) is 13.0. The number of H-pyrrole nitrogens is 1. The van der Waals surface area contributed by atoms with Crippen LogP contribution in [-0.2, 0) is 25.7 Å². The van der Waals surface area contributed by atoms with E-state index >= 15 is 0 Å². The van der Waals surface area contributed by atoms with Gasteiger partial charge in [-0.3, -0.25) is 14.4 Å². The summed E-state index contributed by atoms with van der Waals surface area (Å²) in [5, 5.41) is 16.9. The molecular weight excluding hydrogens is 815 g/mol. The fourth-order valence-electron chi connectivity index (χ4n) is 6.75. The van der Waals surface area contributed by atoms with Gasteiger partial charge in [-0.2, -0.15) is 0 Å². The van der Waals surface area contributed by atoms with Gasteiger partial charge in [-0.15, -0.1) is 0 Å². The summed E-state index contributed by atoms with van der Waals surface area (Å²) in [5.41, 5.74) is 11.2. The normalized spacial score (nSPS) is 14.9. The molecule has 1 aromatic heterocycles. The number of aliphatic hydroxyl groups is 1. The molecule has 3 amide bonds. The number of carbonyl (C=O) groups is 4. The molecular formula is C53H61N7O5. The summed E-state index contributed by atoms with van der Waals surface area (Å²) in [7, 11) is 1.77. The number of benzene rings is 4. The number of aldehydes is 1. The average Bonchev–Trinajstić information content (AvgIpc) is 4.27. The van der Waals surface area contributed by atoms with Crippen LogP contribution in [0, 0.1) is 35.7 Å². The number of amides is 3. The van der Waals surface area contributed by atoms with Gasteiger partial charge in [0.15, 0.2) is 0 Å². The largest absolute Gasteiger partial charge is 0.462 e. The Bertz CT molecular complexity index is 2310. The number of likely N-dealkylation sites (N-methyl/N-ethyl adjacent to an activating group) is 1. The van der Waals surface area contributed by atoms with Gasteiger partial charge in [-0.1, -0.05) is 109 Å². The molecule has 3 aliphatic rings. The second-order valence-corrected chi connectivity index (χ2v) is 16.0. The van der Waals surface area contributed by atoms with Crippen molar-refractivity contribution in [3.05, 3.63) is 150 Å². The van der Waals surface area contributed by atoms with Crippen LogP contribution in [0.1, 0.15) is 97.9 Å². The first-order chi connectivity index (χ1) is 31.8. The minimum Gasteiger partial charge on any atom is -0.462 e. The topological polar surface area (TPSA) is 183 Å². The Morgan fingerprint density at radius 1 is 0.846 bits per heavy atom. The van der Waals surface area contributed by atoms with Crippen LogP contribution in [0.4, 0.5) is 0 Å². The summed E-state index contributed by atoms with van der Waals surface area (Å²) in [6, 6.07) is 36.9. The Balaban J connectivity index is 0.000000385. The number of nitrogens with zero attached hydrogens (tertiary/aromatic N) is 2. The standard InChI is InChI=1S/C38H43N7O3.C6H6.C5H6O.C4H6O/c1-40-36(31-8-3-2-4-9-31)38(48)41-22-6-5-11-34(46)42-25-29-16-14-27(15-17-29)12-13-28-18-20-30(21-19-28)32-26-43-37(44-32)33-10-7-23-45(33)35(47)24-39;1-2-4-6-5-3-1;6-4-3-5-1-2-5;5-3-4-1-2-4/h2-4,8-9,14-21,26,33,36,40H,5-7,10-11,22-25,39H2,1H3,(H,41,48)(H,42,46)(H,43,44);1-6H;5-6H,1-2H2;3-4H,1-2H2. The SMILES string of the molecule is CNC(C(=O)NCCCCC(=O)NCc1ccc(C#Cc2ccc(-c3cnc(C4CCCN4C(=O)CN)[nH]3)cc2)cc1)c1ccccc1.O=CC1CC1.OC#CC1CC1.c1ccccc1. The van der Waals surface area contributed by atoms with Crippen molar-refractivity contribution in [1.29, 1.82) is 0 Å². The zero-order chi connectivity index (χ0) is 46.1. The number of carbonyl (C=O) groups excluding carboxylic acids is 4. The van der Waals surface area contributed by atoms with E-state index in [0.717, 1.165) is 77.7 Å². The highest BCUT2D eigenvalue weighted by atomic mass is 16.2. The van der Waals surface area contributed by atoms with Crippen LogP contribution in [0.2, 0.25) is 0 Å². The van der Waals surface area contributed by atoms with Crippen LogP contribution in [-0.4, -0.2) is 70.7 Å². The number of aliphatic hydroxyl groups excluding tert-OH is 1. The molecule has 1 aliphatic heterocycles. The van der Waals surface area contributed by atoms with Crippen LogP contribution in [0.15, 0.2) is 121 Å². The maximum absolute atomic E-state index is 12.5. The molecule has 2 heterocycles. The predicted octanol–water partition coefficient (Wildman–Crippen LogP) is 6.97. The van der Waals surface area contributed by atoms with E-state index in [4.69, 9.17) is 10.8 Å². The molecule has 2 saturated carbocycles. The van der Waals surface area contributed by atoms with Crippen molar-refractivity contribution < 1.29 is 24.3 Å². The number of hydrogen-bond donors (Lipinski definition) is 6. The predicted molar refractivity (Wildman–Crippen MR) is 254 cm³/mol. The lowest BCUT2D eigenvalue weighted by Crippen LogP contribution is -2.36. The summed E-state index contributed by atoms with van der Waals surface area (Å²) in [6.45, 7) is 1.69. The summed E-state index contributed by atoms with van der Waals surface area (Å²) < 4.78 is 0. The zero-order valence-corrected chi connectivity index (χ0v) is 37.2. The first-order valence-electron chi connectivity index (χ1n) is 22.4. The molecule has 2 unspecified atom stereocenters. The average molecular weight is 876 g/mol. The number of nitrogens with two attached hydrogens (primary N) is 1. The summed E-state index contributed by atoms with van der Waals surface area (Å²) >= 11 is 0. The van der Waals surface area contributed by atoms with Crippen molar-refractivity contribution in [3.8, 4) is 35.1 Å². The van der Waals surface area contributed by atoms with Crippen molar-refractivity contribution in [1.82, 2.24) is 30.8 Å². The monoisotopic (exact) mass is 875 g/mol. The number of unbranched alkanes of at least 4 members (excludes halogenated alkanes) is 1. The molecule has 0 bridgehead atoms. The maximum atomic E-state index is 12.5. The molecule has 12 nitrogen and oxygen atoms in total. The van der Waals surface area contributed by atoms with Gasteiger partial charge in [0.1, 0.15) is 24.3 Å². The number of likely N-dealkylation sites (tertiary alicyclic amines) is 1. The van der Waals surface area contributed by atoms with Crippen LogP contribution < -0.4 is 21.7 Å². The molecule has 3 fully saturated rings. The molecule has 8 rings (SSSR count). The Hall–Kier alpha value is -6.99. The zero-order valence-electron chi connectivity index (χ0n) is 37.2. The Morgan fingerprint density at radius 3 is 2.02 bits per heavy atom. The third-order valence-electron chi connectivity index (χ3n) is 10.8. The molecule has 0 spiro atoms. The number of hydrogen-bond acceptors (Lipinski definition) is 8. The van der Waals surface area contributed by atoms with Gasteiger partial charge >= 0.3 is 0 Å². The van der Waals surface area contributed by atoms with Gasteiger partial charge in [0, 0.05) is 49.0 Å². The second-order valence-electron chi connectivity index (χ2n) is 16.0. The van der Waals surface area contributed by atoms with E-state index in [9.17, 15) is 19.2 Å². The van der Waals surface area contributed by atoms with Crippen molar-refractivity contribution >= 4 is 24.0 Å². The molecule has 65 heavy (non-hydrogen) atoms. The summed E-state index contributed by atoms with van der Waals surface area (Å²) in [4.78, 5) is 56.4. The first kappa shape index (κ1) is 49.0. The lowest BCUT2D eigenvalue weighted by Gasteiger charge is -2.22. The molecule has 0 radical (unpaired) electrons. The number of rotatable bonds is 14. The van der Waals surface area contributed by atoms with E-state index in [-0.39, 0.29) is 30.3 Å². The molecule has 2 aliphatic carbocycles. The second kappa shape index (κ2) is 27.3. The van der Waals surface area contributed by atoms with Crippen molar-refractivity contribution in [2.24, 2.45) is 17.6 Å². The van der Waals surface area contributed by atoms with E-state index in [0.29, 0.717) is 44.3 Å². The van der Waals surface area contributed by atoms with Gasteiger partial charge in [0.25, 0.3) is 0 Å². The van der Waals surface area contributed by atoms with Gasteiger partial charge in [0.05, 0.1) is 24.5 Å². The first-order valence-corrected chi connectivity index (χ1v) is 22.4. The van der Waals surface area contributed by atoms with Crippen LogP contribution in [0.3, 0.4) is 0 Å². The van der Waals surface area contributed by atoms with Gasteiger partial charge in [-0.05, 0) is 99.4 Å². The molecule has 12 heteroatoms. The minimum atomic E-state index is -0.396. The van der Waals surface area contributed by atoms with E-state index < -0.39 is 6.04 Å². The molecule has 2 atom stereocenters. The maximum Gasteiger partial charge on any atom is 0.241 e. The van der Waals surface area contributed by atoms with Crippen molar-refractivity contribution in [2.45, 2.75) is 76.4 Å². The molecule has 1 saturated heterocycles. The lowest BCUT2D eigenvalue weighted by molar-refractivity contribution is -0.130.